The topological polar surface area (TPSA) is 23.5 Å². The Hall–Kier alpha value is -0.0800. The molecular formula is C10H19NO. The lowest BCUT2D eigenvalue weighted by Gasteiger charge is -2.42. The van der Waals surface area contributed by atoms with E-state index < -0.39 is 0 Å². The van der Waals surface area contributed by atoms with Crippen LogP contribution in [0.4, 0.5) is 0 Å². The van der Waals surface area contributed by atoms with Crippen LogP contribution < -0.4 is 0 Å². The molecule has 2 fully saturated rings. The summed E-state index contributed by atoms with van der Waals surface area (Å²) < 4.78 is 0. The van der Waals surface area contributed by atoms with E-state index in [9.17, 15) is 5.11 Å². The highest BCUT2D eigenvalue weighted by molar-refractivity contribution is 4.91. The van der Waals surface area contributed by atoms with Gasteiger partial charge in [0.1, 0.15) is 0 Å². The molecule has 0 bridgehead atoms. The van der Waals surface area contributed by atoms with Gasteiger partial charge in [-0.05, 0) is 26.2 Å². The van der Waals surface area contributed by atoms with Crippen LogP contribution in [0.5, 0.6) is 0 Å². The van der Waals surface area contributed by atoms with Gasteiger partial charge >= 0.3 is 0 Å². The maximum Gasteiger partial charge on any atom is 0.0774 e. The number of aliphatic hydroxyl groups is 1. The molecule has 1 heterocycles. The van der Waals surface area contributed by atoms with Crippen molar-refractivity contribution in [2.75, 3.05) is 13.1 Å². The number of β-amino-alcohol motifs (C(OH)–C–C–N with tert-alkyl or cyclic N) is 1. The molecule has 1 unspecified atom stereocenters. The number of hydrogen-bond donors (Lipinski definition) is 1. The van der Waals surface area contributed by atoms with E-state index in [1.807, 2.05) is 0 Å². The van der Waals surface area contributed by atoms with Gasteiger partial charge in [-0.15, -0.1) is 0 Å². The molecule has 70 valence electrons. The Morgan fingerprint density at radius 2 is 2.08 bits per heavy atom. The van der Waals surface area contributed by atoms with Gasteiger partial charge < -0.3 is 5.11 Å². The van der Waals surface area contributed by atoms with Crippen molar-refractivity contribution in [1.29, 1.82) is 0 Å². The molecule has 0 amide bonds. The van der Waals surface area contributed by atoms with Crippen LogP contribution in [-0.4, -0.2) is 34.7 Å². The van der Waals surface area contributed by atoms with Gasteiger partial charge in [0, 0.05) is 19.1 Å². The van der Waals surface area contributed by atoms with Crippen molar-refractivity contribution < 1.29 is 5.11 Å². The smallest absolute Gasteiger partial charge is 0.0774 e. The average molecular weight is 169 g/mol. The Kier molecular flexibility index (Phi) is 2.13. The van der Waals surface area contributed by atoms with E-state index in [0.29, 0.717) is 0 Å². The highest BCUT2D eigenvalue weighted by Crippen LogP contribution is 2.32. The normalized spacial score (nSPS) is 35.0. The molecule has 1 atom stereocenters. The lowest BCUT2D eigenvalue weighted by Crippen LogP contribution is -2.52. The molecule has 2 nitrogen and oxygen atoms in total. The Bertz CT molecular complexity index is 163. The molecule has 1 aliphatic heterocycles. The first-order valence-electron chi connectivity index (χ1n) is 5.16. The van der Waals surface area contributed by atoms with Crippen LogP contribution in [0.2, 0.25) is 0 Å². The second-order valence-corrected chi connectivity index (χ2v) is 4.54. The van der Waals surface area contributed by atoms with Crippen molar-refractivity contribution in [2.45, 2.75) is 50.7 Å². The highest BCUT2D eigenvalue weighted by Gasteiger charge is 2.36. The predicted molar refractivity (Wildman–Crippen MR) is 49.1 cm³/mol. The van der Waals surface area contributed by atoms with Crippen LogP contribution in [0.1, 0.15) is 39.0 Å². The Labute approximate surface area is 74.6 Å². The highest BCUT2D eigenvalue weighted by atomic mass is 16.3. The fraction of sp³-hybridized carbons (Fsp3) is 1.00. The second kappa shape index (κ2) is 3.00. The zero-order valence-electron chi connectivity index (χ0n) is 7.92. The minimum absolute atomic E-state index is 0.325. The molecule has 12 heavy (non-hydrogen) atoms. The summed E-state index contributed by atoms with van der Waals surface area (Å²) in [7, 11) is 0. The molecule has 2 rings (SSSR count). The Morgan fingerprint density at radius 3 is 2.50 bits per heavy atom. The molecule has 1 saturated heterocycles. The van der Waals surface area contributed by atoms with Crippen molar-refractivity contribution in [3.63, 3.8) is 0 Å². The van der Waals surface area contributed by atoms with Crippen LogP contribution in [0.15, 0.2) is 0 Å². The molecule has 0 aromatic carbocycles. The molecule has 0 aromatic rings. The van der Waals surface area contributed by atoms with Gasteiger partial charge in [-0.1, -0.05) is 12.8 Å². The summed E-state index contributed by atoms with van der Waals surface area (Å²) in [6.45, 7) is 4.37. The summed E-state index contributed by atoms with van der Waals surface area (Å²) in [4.78, 5) is 2.41. The van der Waals surface area contributed by atoms with E-state index in [0.717, 1.165) is 25.4 Å². The van der Waals surface area contributed by atoms with E-state index in [1.165, 1.54) is 25.8 Å². The summed E-state index contributed by atoms with van der Waals surface area (Å²) in [6, 6.07) is 0.717. The zero-order chi connectivity index (χ0) is 8.60. The first-order chi connectivity index (χ1) is 5.70. The molecule has 1 aliphatic carbocycles. The van der Waals surface area contributed by atoms with E-state index in [1.54, 1.807) is 0 Å². The SMILES string of the molecule is CC1CCN1CC1(O)CCCC1. The van der Waals surface area contributed by atoms with Gasteiger partial charge in [-0.2, -0.15) is 0 Å². The van der Waals surface area contributed by atoms with Crippen molar-refractivity contribution in [2.24, 2.45) is 0 Å². The number of hydrogen-bond acceptors (Lipinski definition) is 2. The lowest BCUT2D eigenvalue weighted by atomic mass is 9.96. The van der Waals surface area contributed by atoms with Crippen LogP contribution in [0, 0.1) is 0 Å². The quantitative estimate of drug-likeness (QED) is 0.675. The summed E-state index contributed by atoms with van der Waals surface area (Å²) in [6.07, 6.45) is 5.81. The maximum absolute atomic E-state index is 10.1. The standard InChI is InChI=1S/C10H19NO/c1-9-4-7-11(9)8-10(12)5-2-3-6-10/h9,12H,2-8H2,1H3. The molecule has 2 aliphatic rings. The lowest BCUT2D eigenvalue weighted by molar-refractivity contribution is -0.0287. The minimum atomic E-state index is -0.325. The van der Waals surface area contributed by atoms with Crippen LogP contribution in [0.3, 0.4) is 0 Å². The van der Waals surface area contributed by atoms with E-state index in [4.69, 9.17) is 0 Å². The molecule has 1 saturated carbocycles. The first kappa shape index (κ1) is 8.52. The predicted octanol–water partition coefficient (Wildman–Crippen LogP) is 1.39. The largest absolute Gasteiger partial charge is 0.389 e. The third kappa shape index (κ3) is 1.50. The third-order valence-electron chi connectivity index (χ3n) is 3.49. The van der Waals surface area contributed by atoms with Gasteiger partial charge in [0.05, 0.1) is 5.60 Å². The molecule has 0 radical (unpaired) electrons. The summed E-state index contributed by atoms with van der Waals surface area (Å²) in [5, 5.41) is 10.1. The number of likely N-dealkylation sites (tertiary alicyclic amines) is 1. The Balaban J connectivity index is 1.84. The van der Waals surface area contributed by atoms with Crippen molar-refractivity contribution >= 4 is 0 Å². The summed E-state index contributed by atoms with van der Waals surface area (Å²) in [5.74, 6) is 0. The minimum Gasteiger partial charge on any atom is -0.389 e. The van der Waals surface area contributed by atoms with Crippen molar-refractivity contribution in [3.8, 4) is 0 Å². The van der Waals surface area contributed by atoms with Crippen LogP contribution in [0.25, 0.3) is 0 Å². The number of rotatable bonds is 2. The molecule has 2 heteroatoms. The first-order valence-corrected chi connectivity index (χ1v) is 5.16. The van der Waals surface area contributed by atoms with Gasteiger partial charge in [-0.3, -0.25) is 4.90 Å². The summed E-state index contributed by atoms with van der Waals surface area (Å²) >= 11 is 0. The van der Waals surface area contributed by atoms with E-state index in [-0.39, 0.29) is 5.60 Å². The fourth-order valence-corrected chi connectivity index (χ4v) is 2.37. The van der Waals surface area contributed by atoms with Gasteiger partial charge in [0.25, 0.3) is 0 Å². The second-order valence-electron chi connectivity index (χ2n) is 4.54. The monoisotopic (exact) mass is 169 g/mol. The molecular weight excluding hydrogens is 150 g/mol. The molecule has 0 spiro atoms. The third-order valence-corrected chi connectivity index (χ3v) is 3.49. The van der Waals surface area contributed by atoms with Crippen molar-refractivity contribution in [3.05, 3.63) is 0 Å². The zero-order valence-corrected chi connectivity index (χ0v) is 7.92. The van der Waals surface area contributed by atoms with Gasteiger partial charge in [0.2, 0.25) is 0 Å². The van der Waals surface area contributed by atoms with Crippen LogP contribution >= 0.6 is 0 Å². The average Bonchev–Trinajstić information content (AvgIpc) is 2.46. The van der Waals surface area contributed by atoms with Gasteiger partial charge in [0.15, 0.2) is 0 Å². The van der Waals surface area contributed by atoms with Gasteiger partial charge in [-0.25, -0.2) is 0 Å². The number of nitrogens with zero attached hydrogens (tertiary/aromatic N) is 1. The van der Waals surface area contributed by atoms with E-state index in [2.05, 4.69) is 11.8 Å². The molecule has 1 N–H and O–H groups in total. The van der Waals surface area contributed by atoms with Crippen molar-refractivity contribution in [1.82, 2.24) is 4.90 Å². The Morgan fingerprint density at radius 1 is 1.42 bits per heavy atom. The van der Waals surface area contributed by atoms with Crippen LogP contribution in [-0.2, 0) is 0 Å². The molecule has 0 aromatic heterocycles. The van der Waals surface area contributed by atoms with E-state index >= 15 is 0 Å². The summed E-state index contributed by atoms with van der Waals surface area (Å²) in [5.41, 5.74) is -0.325. The fourth-order valence-electron chi connectivity index (χ4n) is 2.37. The maximum atomic E-state index is 10.1.